The lowest BCUT2D eigenvalue weighted by Crippen LogP contribution is -2.27. The SMILES string of the molecule is CCCCCCCCN1C=CN(CCc2ccccc2)C1. The first-order valence-corrected chi connectivity index (χ1v) is 8.59. The Morgan fingerprint density at radius 2 is 1.48 bits per heavy atom. The second kappa shape index (κ2) is 9.49. The van der Waals surface area contributed by atoms with Gasteiger partial charge in [-0.1, -0.05) is 69.4 Å². The van der Waals surface area contributed by atoms with Crippen molar-refractivity contribution in [2.75, 3.05) is 19.8 Å². The molecule has 0 atom stereocenters. The van der Waals surface area contributed by atoms with Crippen LogP contribution in [0.15, 0.2) is 42.7 Å². The molecule has 0 fully saturated rings. The highest BCUT2D eigenvalue weighted by Crippen LogP contribution is 2.11. The normalized spacial score (nSPS) is 14.1. The highest BCUT2D eigenvalue weighted by molar-refractivity contribution is 5.15. The van der Waals surface area contributed by atoms with Gasteiger partial charge in [0.2, 0.25) is 0 Å². The summed E-state index contributed by atoms with van der Waals surface area (Å²) in [6.07, 6.45) is 13.9. The van der Waals surface area contributed by atoms with Gasteiger partial charge in [-0.3, -0.25) is 0 Å². The monoisotopic (exact) mass is 286 g/mol. The Morgan fingerprint density at radius 1 is 0.810 bits per heavy atom. The van der Waals surface area contributed by atoms with Crippen LogP contribution >= 0.6 is 0 Å². The Kier molecular flexibility index (Phi) is 7.20. The van der Waals surface area contributed by atoms with Crippen molar-refractivity contribution in [3.8, 4) is 0 Å². The van der Waals surface area contributed by atoms with E-state index in [0.29, 0.717) is 0 Å². The molecule has 0 saturated carbocycles. The molecular formula is C19H30N2. The van der Waals surface area contributed by atoms with E-state index in [2.05, 4.69) is 59.5 Å². The van der Waals surface area contributed by atoms with Gasteiger partial charge >= 0.3 is 0 Å². The molecule has 0 unspecified atom stereocenters. The van der Waals surface area contributed by atoms with Gasteiger partial charge in [0, 0.05) is 25.5 Å². The Hall–Kier alpha value is -1.44. The summed E-state index contributed by atoms with van der Waals surface area (Å²) < 4.78 is 0. The Balaban J connectivity index is 1.54. The van der Waals surface area contributed by atoms with Gasteiger partial charge < -0.3 is 9.80 Å². The second-order valence-electron chi connectivity index (χ2n) is 6.07. The van der Waals surface area contributed by atoms with Crippen molar-refractivity contribution in [1.29, 1.82) is 0 Å². The maximum atomic E-state index is 2.45. The van der Waals surface area contributed by atoms with Crippen molar-refractivity contribution < 1.29 is 0 Å². The zero-order valence-corrected chi connectivity index (χ0v) is 13.5. The van der Waals surface area contributed by atoms with Crippen LogP contribution in [0.25, 0.3) is 0 Å². The first-order chi connectivity index (χ1) is 10.4. The van der Waals surface area contributed by atoms with Crippen LogP contribution < -0.4 is 0 Å². The van der Waals surface area contributed by atoms with Crippen molar-refractivity contribution in [1.82, 2.24) is 9.80 Å². The predicted octanol–water partition coefficient (Wildman–Crippen LogP) is 4.64. The number of benzene rings is 1. The molecule has 1 aliphatic rings. The summed E-state index contributed by atoms with van der Waals surface area (Å²) in [6.45, 7) is 5.68. The van der Waals surface area contributed by atoms with E-state index in [4.69, 9.17) is 0 Å². The summed E-state index contributed by atoms with van der Waals surface area (Å²) in [4.78, 5) is 4.87. The van der Waals surface area contributed by atoms with Crippen molar-refractivity contribution in [3.05, 3.63) is 48.3 Å². The largest absolute Gasteiger partial charge is 0.359 e. The van der Waals surface area contributed by atoms with E-state index < -0.39 is 0 Å². The number of nitrogens with zero attached hydrogens (tertiary/aromatic N) is 2. The van der Waals surface area contributed by atoms with Crippen LogP contribution in [0.3, 0.4) is 0 Å². The fourth-order valence-electron chi connectivity index (χ4n) is 2.82. The topological polar surface area (TPSA) is 6.48 Å². The molecule has 2 rings (SSSR count). The van der Waals surface area contributed by atoms with E-state index in [1.54, 1.807) is 0 Å². The van der Waals surface area contributed by atoms with Gasteiger partial charge in [0.05, 0.1) is 6.67 Å². The van der Waals surface area contributed by atoms with Crippen molar-refractivity contribution in [3.63, 3.8) is 0 Å². The van der Waals surface area contributed by atoms with E-state index in [9.17, 15) is 0 Å². The highest BCUT2D eigenvalue weighted by Gasteiger charge is 2.11. The third kappa shape index (κ3) is 6.24. The zero-order valence-electron chi connectivity index (χ0n) is 13.5. The van der Waals surface area contributed by atoms with Crippen LogP contribution in [0.5, 0.6) is 0 Å². The van der Waals surface area contributed by atoms with Gasteiger partial charge in [-0.15, -0.1) is 0 Å². The highest BCUT2D eigenvalue weighted by atomic mass is 15.3. The maximum Gasteiger partial charge on any atom is 0.0893 e. The summed E-state index contributed by atoms with van der Waals surface area (Å²) >= 11 is 0. The molecular weight excluding hydrogens is 256 g/mol. The molecule has 116 valence electrons. The molecule has 0 N–H and O–H groups in total. The van der Waals surface area contributed by atoms with Crippen LogP contribution in [0.1, 0.15) is 51.0 Å². The molecule has 0 aliphatic carbocycles. The molecule has 21 heavy (non-hydrogen) atoms. The lowest BCUT2D eigenvalue weighted by Gasteiger charge is -2.21. The maximum absolute atomic E-state index is 2.45. The van der Waals surface area contributed by atoms with Crippen molar-refractivity contribution in [2.24, 2.45) is 0 Å². The summed E-state index contributed by atoms with van der Waals surface area (Å²) in [5.74, 6) is 0. The van der Waals surface area contributed by atoms with Crippen LogP contribution in [0.4, 0.5) is 0 Å². The van der Waals surface area contributed by atoms with Crippen LogP contribution in [-0.4, -0.2) is 29.6 Å². The molecule has 0 saturated heterocycles. The van der Waals surface area contributed by atoms with Crippen LogP contribution in [0.2, 0.25) is 0 Å². The van der Waals surface area contributed by atoms with E-state index in [-0.39, 0.29) is 0 Å². The summed E-state index contributed by atoms with van der Waals surface area (Å²) in [6, 6.07) is 10.8. The standard InChI is InChI=1S/C19H30N2/c1-2-3-4-5-6-10-14-20-16-17-21(18-20)15-13-19-11-8-7-9-12-19/h7-9,11-12,16-17H,2-6,10,13-15,18H2,1H3. The lowest BCUT2D eigenvalue weighted by molar-refractivity contribution is 0.262. The van der Waals surface area contributed by atoms with Crippen LogP contribution in [0, 0.1) is 0 Å². The van der Waals surface area contributed by atoms with Gasteiger partial charge in [-0.2, -0.15) is 0 Å². The third-order valence-corrected chi connectivity index (χ3v) is 4.18. The molecule has 0 bridgehead atoms. The average Bonchev–Trinajstić information content (AvgIpc) is 2.98. The fraction of sp³-hybridized carbons (Fsp3) is 0.579. The summed E-state index contributed by atoms with van der Waals surface area (Å²) in [5, 5.41) is 0. The third-order valence-electron chi connectivity index (χ3n) is 4.18. The number of hydrogen-bond donors (Lipinski definition) is 0. The van der Waals surface area contributed by atoms with E-state index in [0.717, 1.165) is 19.6 Å². The van der Waals surface area contributed by atoms with E-state index in [1.807, 2.05) is 0 Å². The molecule has 1 aromatic rings. The Bertz CT molecular complexity index is 399. The first-order valence-electron chi connectivity index (χ1n) is 8.59. The predicted molar refractivity (Wildman–Crippen MR) is 90.9 cm³/mol. The number of unbranched alkanes of at least 4 members (excludes halogenated alkanes) is 5. The Labute approximate surface area is 130 Å². The van der Waals surface area contributed by atoms with Crippen molar-refractivity contribution >= 4 is 0 Å². The zero-order chi connectivity index (χ0) is 14.8. The Morgan fingerprint density at radius 3 is 2.24 bits per heavy atom. The minimum atomic E-state index is 1.07. The summed E-state index contributed by atoms with van der Waals surface area (Å²) in [5.41, 5.74) is 1.43. The molecule has 0 spiro atoms. The molecule has 1 heterocycles. The second-order valence-corrected chi connectivity index (χ2v) is 6.07. The van der Waals surface area contributed by atoms with E-state index >= 15 is 0 Å². The number of rotatable bonds is 10. The summed E-state index contributed by atoms with van der Waals surface area (Å²) in [7, 11) is 0. The van der Waals surface area contributed by atoms with Gasteiger partial charge in [0.25, 0.3) is 0 Å². The lowest BCUT2D eigenvalue weighted by atomic mass is 10.1. The minimum Gasteiger partial charge on any atom is -0.359 e. The molecule has 0 aromatic heterocycles. The van der Waals surface area contributed by atoms with Crippen molar-refractivity contribution in [2.45, 2.75) is 51.9 Å². The number of hydrogen-bond acceptors (Lipinski definition) is 2. The molecule has 2 nitrogen and oxygen atoms in total. The first kappa shape index (κ1) is 15.9. The van der Waals surface area contributed by atoms with Gasteiger partial charge in [-0.05, 0) is 18.4 Å². The van der Waals surface area contributed by atoms with Gasteiger partial charge in [0.1, 0.15) is 0 Å². The minimum absolute atomic E-state index is 1.07. The van der Waals surface area contributed by atoms with Crippen LogP contribution in [-0.2, 0) is 6.42 Å². The fourth-order valence-corrected chi connectivity index (χ4v) is 2.82. The van der Waals surface area contributed by atoms with E-state index in [1.165, 1.54) is 50.6 Å². The van der Waals surface area contributed by atoms with Gasteiger partial charge in [-0.25, -0.2) is 0 Å². The molecule has 1 aromatic carbocycles. The van der Waals surface area contributed by atoms with Gasteiger partial charge in [0.15, 0.2) is 0 Å². The molecule has 2 heteroatoms. The average molecular weight is 286 g/mol. The molecule has 0 radical (unpaired) electrons. The smallest absolute Gasteiger partial charge is 0.0893 e. The quantitative estimate of drug-likeness (QED) is 0.578. The molecule has 0 amide bonds. The molecule has 1 aliphatic heterocycles.